The molecule has 6 aromatic carbocycles. The molecule has 4 aliphatic rings. The molecule has 6 heterocycles. The van der Waals surface area contributed by atoms with E-state index in [2.05, 4.69) is 78.9 Å². The predicted octanol–water partition coefficient (Wildman–Crippen LogP) is 11.1. The number of aromatic amines is 2. The van der Waals surface area contributed by atoms with Crippen molar-refractivity contribution < 1.29 is 39.5 Å². The Bertz CT molecular complexity index is 4470. The molecule has 22 nitrogen and oxygen atoms in total. The SMILES string of the molecule is O=C(CCC(=O)Oc1ccc([C@@H](O)CNCCc2ccc(CCN3CCC(Cn4cnc(C(O)(c5ccccc5)C5CCCCC5)n4)CC3)cc2)c2ccc(=O)[nH]c12)Oc1ccc([C@@H](O)CNCCc2ccc(CCN3CCC(Cn4cnc(C(O)(c5ccccc5)C5CCCCC5)n4)CC3)cc2)c2ccc(=O)[nH]c12. The molecule has 0 bridgehead atoms. The van der Waals surface area contributed by atoms with Gasteiger partial charge in [-0.1, -0.05) is 160 Å². The number of piperidine rings is 2. The van der Waals surface area contributed by atoms with Crippen LogP contribution in [0.15, 0.2) is 180 Å². The number of H-pyrrole nitrogens is 2. The molecule has 8 N–H and O–H groups in total. The molecule has 14 rings (SSSR count). The number of hydrogen-bond acceptors (Lipinski definition) is 18. The summed E-state index contributed by atoms with van der Waals surface area (Å²) < 4.78 is 15.3. The van der Waals surface area contributed by atoms with Crippen LogP contribution < -0.4 is 31.2 Å². The van der Waals surface area contributed by atoms with Crippen molar-refractivity contribution >= 4 is 33.7 Å². The number of aliphatic hydroxyl groups is 4. The van der Waals surface area contributed by atoms with Gasteiger partial charge in [0.2, 0.25) is 11.1 Å². The molecule has 2 unspecified atom stereocenters. The molecule has 578 valence electrons. The number of carbonyl (C=O) groups is 2. The predicted molar refractivity (Wildman–Crippen MR) is 423 cm³/mol. The highest BCUT2D eigenvalue weighted by Gasteiger charge is 2.45. The van der Waals surface area contributed by atoms with Crippen molar-refractivity contribution in [2.45, 2.75) is 165 Å². The summed E-state index contributed by atoms with van der Waals surface area (Å²) in [6, 6.07) is 49.6. The summed E-state index contributed by atoms with van der Waals surface area (Å²) in [6.07, 6.45) is 19.5. The van der Waals surface area contributed by atoms with Crippen molar-refractivity contribution in [3.8, 4) is 11.5 Å². The second-order valence-corrected chi connectivity index (χ2v) is 31.1. The van der Waals surface area contributed by atoms with Crippen LogP contribution in [0.4, 0.5) is 0 Å². The van der Waals surface area contributed by atoms with Crippen molar-refractivity contribution in [1.29, 1.82) is 0 Å². The first-order valence-corrected chi connectivity index (χ1v) is 40.1. The summed E-state index contributed by atoms with van der Waals surface area (Å²) in [4.78, 5) is 72.1. The molecule has 0 radical (unpaired) electrons. The van der Waals surface area contributed by atoms with E-state index in [0.29, 0.717) is 58.5 Å². The number of nitrogens with one attached hydrogen (secondary N) is 4. The van der Waals surface area contributed by atoms with Crippen LogP contribution >= 0.6 is 0 Å². The van der Waals surface area contributed by atoms with E-state index in [1.807, 2.05) is 82.7 Å². The minimum absolute atomic E-state index is 0.0576. The van der Waals surface area contributed by atoms with Crippen LogP contribution in [0.2, 0.25) is 0 Å². The average molecular weight is 1490 g/mol. The third-order valence-electron chi connectivity index (χ3n) is 23.7. The highest BCUT2D eigenvalue weighted by molar-refractivity contribution is 5.92. The third kappa shape index (κ3) is 19.1. The summed E-state index contributed by atoms with van der Waals surface area (Å²) in [5.74, 6) is 0.840. The molecule has 2 aliphatic heterocycles. The highest BCUT2D eigenvalue weighted by Crippen LogP contribution is 2.45. The molecule has 10 aromatic rings. The number of benzene rings is 6. The Labute approximate surface area is 642 Å². The van der Waals surface area contributed by atoms with Crippen LogP contribution in [0, 0.1) is 23.7 Å². The van der Waals surface area contributed by atoms with Gasteiger partial charge in [0.25, 0.3) is 0 Å². The third-order valence-corrected chi connectivity index (χ3v) is 23.7. The van der Waals surface area contributed by atoms with Crippen LogP contribution in [-0.2, 0) is 59.6 Å². The maximum atomic E-state index is 13.3. The smallest absolute Gasteiger partial charge is 0.311 e. The number of carbonyl (C=O) groups excluding carboxylic acids is 2. The second-order valence-electron chi connectivity index (χ2n) is 31.1. The number of fused-ring (bicyclic) bond motifs is 2. The zero-order valence-corrected chi connectivity index (χ0v) is 63.1. The van der Waals surface area contributed by atoms with Gasteiger partial charge in [-0.3, -0.25) is 28.5 Å². The van der Waals surface area contributed by atoms with Crippen LogP contribution in [0.5, 0.6) is 11.5 Å². The van der Waals surface area contributed by atoms with E-state index in [-0.39, 0.29) is 60.3 Å². The zero-order chi connectivity index (χ0) is 75.8. The number of rotatable bonds is 33. The van der Waals surface area contributed by atoms with E-state index >= 15 is 0 Å². The normalized spacial score (nSPS) is 17.7. The second kappa shape index (κ2) is 36.7. The van der Waals surface area contributed by atoms with E-state index in [4.69, 9.17) is 29.6 Å². The Kier molecular flexibility index (Phi) is 25.8. The lowest BCUT2D eigenvalue weighted by Gasteiger charge is -2.37. The van der Waals surface area contributed by atoms with Crippen molar-refractivity contribution in [3.63, 3.8) is 0 Å². The minimum atomic E-state index is -1.19. The molecule has 4 atom stereocenters. The van der Waals surface area contributed by atoms with Crippen molar-refractivity contribution in [2.75, 3.05) is 65.4 Å². The largest absolute Gasteiger partial charge is 0.424 e. The molecule has 110 heavy (non-hydrogen) atoms. The van der Waals surface area contributed by atoms with Gasteiger partial charge in [-0.15, -0.1) is 0 Å². The van der Waals surface area contributed by atoms with Gasteiger partial charge in [-0.05, 0) is 209 Å². The van der Waals surface area contributed by atoms with Crippen LogP contribution in [0.3, 0.4) is 0 Å². The van der Waals surface area contributed by atoms with Gasteiger partial charge in [-0.25, -0.2) is 9.97 Å². The zero-order valence-electron chi connectivity index (χ0n) is 63.1. The van der Waals surface area contributed by atoms with Gasteiger partial charge in [0, 0.05) is 62.2 Å². The molecule has 4 fully saturated rings. The van der Waals surface area contributed by atoms with Crippen molar-refractivity contribution in [2.24, 2.45) is 23.7 Å². The molecule has 2 saturated heterocycles. The van der Waals surface area contributed by atoms with Gasteiger partial charge < -0.3 is 60.3 Å². The van der Waals surface area contributed by atoms with Gasteiger partial charge in [0.05, 0.1) is 36.1 Å². The lowest BCUT2D eigenvalue weighted by molar-refractivity contribution is -0.140. The number of aromatic nitrogens is 8. The van der Waals surface area contributed by atoms with Gasteiger partial charge in [0.1, 0.15) is 12.7 Å². The van der Waals surface area contributed by atoms with E-state index in [9.17, 15) is 39.6 Å². The number of hydrogen-bond donors (Lipinski definition) is 8. The number of ether oxygens (including phenoxy) is 2. The van der Waals surface area contributed by atoms with Crippen LogP contribution in [0.1, 0.15) is 171 Å². The number of aliphatic hydroxyl groups excluding tert-OH is 2. The molecule has 22 heteroatoms. The molecule has 4 aromatic heterocycles. The first-order chi connectivity index (χ1) is 53.7. The Morgan fingerprint density at radius 3 is 1.22 bits per heavy atom. The number of nitrogens with zero attached hydrogens (tertiary/aromatic N) is 8. The maximum Gasteiger partial charge on any atom is 0.311 e. The van der Waals surface area contributed by atoms with Gasteiger partial charge in [-0.2, -0.15) is 10.2 Å². The van der Waals surface area contributed by atoms with Gasteiger partial charge in [0.15, 0.2) is 34.3 Å². The summed E-state index contributed by atoms with van der Waals surface area (Å²) in [5, 5.41) is 65.1. The summed E-state index contributed by atoms with van der Waals surface area (Å²) in [5.41, 5.74) is 4.96. The topological polar surface area (TPSA) is 291 Å². The lowest BCUT2D eigenvalue weighted by Crippen LogP contribution is -2.39. The Morgan fingerprint density at radius 1 is 0.464 bits per heavy atom. The van der Waals surface area contributed by atoms with Crippen LogP contribution in [0.25, 0.3) is 21.8 Å². The standard InChI is InChI=1S/C88H106N12O10/c101-75(55-89-47-39-61-21-25-63(26-22-61)41-49-97-51-43-65(44-52-97)57-99-59-91-85(95-99)87(107,67-13-5-1-6-14-67)68-15-7-2-8-16-68)71-29-33-77(83-73(71)31-35-79(103)93-83)109-81(105)37-38-82(106)110-78-34-30-72(74-32-36-80(104)94-84(74)78)76(102)56-90-48-40-62-23-27-64(28-24-62)42-50-98-53-45-66(46-54-98)58-100-60-92-86(96-100)88(108,69-17-9-3-10-18-69)70-19-11-4-12-20-70/h1,3,5-6,9-10,13-14,17-18,21-36,59-60,65-66,68,70,75-76,89-90,101-102,107-108H,2,4,7-8,11-12,15-16,19-20,37-58H2,(H,93,103)(H,94,104)/t75-,76-,87?,88?/m0/s1. The molecular weight excluding hydrogens is 1390 g/mol. The van der Waals surface area contributed by atoms with Gasteiger partial charge >= 0.3 is 11.9 Å². The van der Waals surface area contributed by atoms with E-state index in [1.165, 1.54) is 59.4 Å². The number of esters is 2. The van der Waals surface area contributed by atoms with Crippen molar-refractivity contribution in [3.05, 3.63) is 247 Å². The maximum absolute atomic E-state index is 13.3. The van der Waals surface area contributed by atoms with Crippen LogP contribution in [-0.4, -0.2) is 147 Å². The first-order valence-electron chi connectivity index (χ1n) is 40.1. The monoisotopic (exact) mass is 1490 g/mol. The van der Waals surface area contributed by atoms with Crippen molar-refractivity contribution in [1.82, 2.24) is 59.9 Å². The fourth-order valence-corrected chi connectivity index (χ4v) is 17.2. The number of pyridine rings is 2. The summed E-state index contributed by atoms with van der Waals surface area (Å²) in [7, 11) is 0. The van der Waals surface area contributed by atoms with E-state index in [0.717, 1.165) is 166 Å². The lowest BCUT2D eigenvalue weighted by atomic mass is 9.73. The molecule has 2 saturated carbocycles. The first kappa shape index (κ1) is 77.4. The average Bonchev–Trinajstić information content (AvgIpc) is 1.57. The Balaban J connectivity index is 0.478. The molecule has 0 amide bonds. The fourth-order valence-electron chi connectivity index (χ4n) is 17.2. The molecule has 0 spiro atoms. The summed E-state index contributed by atoms with van der Waals surface area (Å²) in [6.45, 7) is 9.39. The highest BCUT2D eigenvalue weighted by atomic mass is 16.5. The number of likely N-dealkylation sites (tertiary alicyclic amines) is 2. The van der Waals surface area contributed by atoms with E-state index < -0.39 is 46.5 Å². The summed E-state index contributed by atoms with van der Waals surface area (Å²) >= 11 is 0. The minimum Gasteiger partial charge on any atom is -0.424 e. The Morgan fingerprint density at radius 2 is 0.836 bits per heavy atom. The molecular formula is C88H106N12O10. The van der Waals surface area contributed by atoms with E-state index in [1.54, 1.807) is 24.3 Å². The quantitative estimate of drug-likeness (QED) is 0.0108. The Hall–Kier alpha value is -9.36. The fraction of sp³-hybridized carbons (Fsp3) is 0.455. The molecule has 2 aliphatic carbocycles.